The highest BCUT2D eigenvalue weighted by atomic mass is 16.5. The number of hydrogen-bond donors (Lipinski definition) is 3. The predicted octanol–water partition coefficient (Wildman–Crippen LogP) is 1.22. The third-order valence-corrected chi connectivity index (χ3v) is 6.88. The number of aryl methyl sites for hydroxylation is 3. The molecule has 1 unspecified atom stereocenters. The van der Waals surface area contributed by atoms with Gasteiger partial charge in [0.15, 0.2) is 5.78 Å². The Morgan fingerprint density at radius 1 is 1.25 bits per heavy atom. The highest BCUT2D eigenvalue weighted by Gasteiger charge is 2.41. The van der Waals surface area contributed by atoms with Crippen LogP contribution in [-0.2, 0) is 20.8 Å². The van der Waals surface area contributed by atoms with Crippen molar-refractivity contribution < 1.29 is 28.9 Å². The van der Waals surface area contributed by atoms with Crippen molar-refractivity contribution in [2.45, 2.75) is 52.4 Å². The largest absolute Gasteiger partial charge is 0.536 e. The highest BCUT2D eigenvalue weighted by molar-refractivity contribution is 6.46. The lowest BCUT2D eigenvalue weighted by Crippen LogP contribution is -2.58. The smallest absolute Gasteiger partial charge is 0.526 e. The number of ketones is 1. The third-order valence-electron chi connectivity index (χ3n) is 6.88. The number of nitrogens with one attached hydrogen (secondary N) is 2. The monoisotopic (exact) mass is 495 g/mol. The minimum absolute atomic E-state index is 0.0276. The van der Waals surface area contributed by atoms with E-state index in [0.717, 1.165) is 16.0 Å². The zero-order valence-electron chi connectivity index (χ0n) is 20.8. The van der Waals surface area contributed by atoms with Crippen LogP contribution >= 0.6 is 0 Å². The van der Waals surface area contributed by atoms with Gasteiger partial charge in [-0.2, -0.15) is 5.10 Å². The summed E-state index contributed by atoms with van der Waals surface area (Å²) in [5, 5.41) is 20.2. The van der Waals surface area contributed by atoms with E-state index in [1.807, 2.05) is 25.1 Å². The molecule has 3 heterocycles. The van der Waals surface area contributed by atoms with Crippen LogP contribution in [0.2, 0.25) is 5.82 Å². The van der Waals surface area contributed by atoms with E-state index < -0.39 is 36.8 Å². The van der Waals surface area contributed by atoms with Crippen LogP contribution in [0, 0.1) is 20.8 Å². The van der Waals surface area contributed by atoms with Gasteiger partial charge in [0.25, 0.3) is 0 Å². The number of carbonyl (C=O) groups excluding carboxylic acids is 4. The van der Waals surface area contributed by atoms with E-state index >= 15 is 0 Å². The molecular formula is C24H30BN5O6. The molecule has 1 aromatic carbocycles. The lowest BCUT2D eigenvalue weighted by atomic mass is 9.64. The van der Waals surface area contributed by atoms with Crippen molar-refractivity contribution in [3.63, 3.8) is 0 Å². The molecule has 1 aromatic heterocycles. The first kappa shape index (κ1) is 25.4. The van der Waals surface area contributed by atoms with Gasteiger partial charge in [0, 0.05) is 43.1 Å². The second-order valence-electron chi connectivity index (χ2n) is 9.28. The minimum Gasteiger partial charge on any atom is -0.536 e. The number of imide groups is 1. The molecule has 2 aromatic rings. The van der Waals surface area contributed by atoms with E-state index in [-0.39, 0.29) is 25.3 Å². The first-order valence-electron chi connectivity index (χ1n) is 12.0. The van der Waals surface area contributed by atoms with Crippen LogP contribution in [0.1, 0.15) is 47.5 Å². The van der Waals surface area contributed by atoms with E-state index in [0.29, 0.717) is 35.7 Å². The summed E-state index contributed by atoms with van der Waals surface area (Å²) < 4.78 is 5.72. The normalized spacial score (nSPS) is 18.6. The van der Waals surface area contributed by atoms with Crippen molar-refractivity contribution in [2.75, 3.05) is 19.6 Å². The Kier molecular flexibility index (Phi) is 7.16. The number of carbonyl (C=O) groups is 4. The van der Waals surface area contributed by atoms with Crippen LogP contribution < -0.4 is 9.97 Å². The third kappa shape index (κ3) is 4.72. The maximum absolute atomic E-state index is 13.6. The van der Waals surface area contributed by atoms with Crippen molar-refractivity contribution >= 4 is 30.7 Å². The van der Waals surface area contributed by atoms with Crippen molar-refractivity contribution in [2.24, 2.45) is 0 Å². The number of hydrogen-bond acceptors (Lipinski definition) is 7. The lowest BCUT2D eigenvalue weighted by molar-refractivity contribution is -0.153. The first-order valence-corrected chi connectivity index (χ1v) is 12.0. The average molecular weight is 495 g/mol. The Balaban J connectivity index is 1.56. The number of H-pyrrole nitrogens is 1. The fraction of sp³-hybridized carbons (Fsp3) is 0.458. The van der Waals surface area contributed by atoms with Gasteiger partial charge in [0.1, 0.15) is 11.8 Å². The van der Waals surface area contributed by atoms with Gasteiger partial charge >= 0.3 is 25.0 Å². The predicted molar refractivity (Wildman–Crippen MR) is 130 cm³/mol. The molecule has 2 atom stereocenters. The summed E-state index contributed by atoms with van der Waals surface area (Å²) in [5.41, 5.74) is 3.39. The molecule has 2 aliphatic heterocycles. The van der Waals surface area contributed by atoms with Crippen LogP contribution in [0.3, 0.4) is 0 Å². The summed E-state index contributed by atoms with van der Waals surface area (Å²) in [6, 6.07) is 3.72. The molecule has 0 radical (unpaired) electrons. The van der Waals surface area contributed by atoms with Crippen LogP contribution in [0.5, 0.6) is 5.75 Å². The number of fused-ring (bicyclic) bond motifs is 1. The zero-order chi connectivity index (χ0) is 26.1. The van der Waals surface area contributed by atoms with Gasteiger partial charge in [-0.15, -0.1) is 0 Å². The number of para-hydroxylation sites is 1. The second kappa shape index (κ2) is 10.1. The molecule has 11 nitrogen and oxygen atoms in total. The number of nitrogens with zero attached hydrogens (tertiary/aromatic N) is 3. The Morgan fingerprint density at radius 2 is 2.00 bits per heavy atom. The second-order valence-corrected chi connectivity index (χ2v) is 9.28. The molecule has 1 fully saturated rings. The fourth-order valence-electron chi connectivity index (χ4n) is 4.86. The van der Waals surface area contributed by atoms with Gasteiger partial charge in [0.05, 0.1) is 5.69 Å². The Morgan fingerprint density at radius 3 is 2.67 bits per heavy atom. The standard InChI is InChI=1S/C24H30BN5O6/c1-5-29-9-10-30(23(33)22(29)32)24(34)26-20(19-14(3)27-28-15(19)4)18(31)12-17-11-16-8-6-7-13(2)21(16)36-25(17)35/h6-8,17,20,35H,5,9-12H2,1-4H3,(H,26,34)(H,27,28)/t17-,20?/m1/s1. The maximum Gasteiger partial charge on any atom is 0.526 e. The molecule has 190 valence electrons. The Hall–Kier alpha value is -3.67. The zero-order valence-corrected chi connectivity index (χ0v) is 20.8. The van der Waals surface area contributed by atoms with Crippen molar-refractivity contribution in [1.82, 2.24) is 25.3 Å². The van der Waals surface area contributed by atoms with Gasteiger partial charge in [0.2, 0.25) is 0 Å². The number of aromatic amines is 1. The molecule has 0 bridgehead atoms. The molecule has 0 spiro atoms. The van der Waals surface area contributed by atoms with E-state index in [4.69, 9.17) is 4.65 Å². The van der Waals surface area contributed by atoms with Crippen molar-refractivity contribution in [1.29, 1.82) is 0 Å². The number of aromatic nitrogens is 2. The fourth-order valence-corrected chi connectivity index (χ4v) is 4.86. The summed E-state index contributed by atoms with van der Waals surface area (Å²) in [6.07, 6.45) is 0.347. The SMILES string of the molecule is CCN1CCN(C(=O)NC(C(=O)C[C@H]2Cc3cccc(C)c3OB2O)c2c(C)n[nH]c2C)C(=O)C1=O. The molecule has 3 N–H and O–H groups in total. The van der Waals surface area contributed by atoms with Crippen LogP contribution in [0.25, 0.3) is 0 Å². The summed E-state index contributed by atoms with van der Waals surface area (Å²) in [6.45, 7) is 7.69. The Bertz CT molecular complexity index is 1190. The van der Waals surface area contributed by atoms with Gasteiger partial charge in [-0.1, -0.05) is 18.2 Å². The molecule has 1 saturated heterocycles. The van der Waals surface area contributed by atoms with E-state index in [1.54, 1.807) is 20.8 Å². The maximum atomic E-state index is 13.6. The first-order chi connectivity index (χ1) is 17.1. The van der Waals surface area contributed by atoms with Crippen LogP contribution in [-0.4, -0.2) is 75.4 Å². The summed E-state index contributed by atoms with van der Waals surface area (Å²) >= 11 is 0. The topological polar surface area (TPSA) is 145 Å². The van der Waals surface area contributed by atoms with E-state index in [9.17, 15) is 24.2 Å². The number of benzene rings is 1. The van der Waals surface area contributed by atoms with E-state index in [2.05, 4.69) is 15.5 Å². The number of likely N-dealkylation sites (N-methyl/N-ethyl adjacent to an activating group) is 1. The quantitative estimate of drug-likeness (QED) is 0.404. The average Bonchev–Trinajstić information content (AvgIpc) is 3.17. The number of piperazine rings is 1. The highest BCUT2D eigenvalue weighted by Crippen LogP contribution is 2.37. The molecule has 0 aliphatic carbocycles. The number of Topliss-reactive ketones (excluding diaryl/α,β-unsaturated/α-hetero) is 1. The number of rotatable bonds is 6. The van der Waals surface area contributed by atoms with Crippen molar-refractivity contribution in [3.8, 4) is 5.75 Å². The van der Waals surface area contributed by atoms with Gasteiger partial charge < -0.3 is 19.9 Å². The Labute approximate surface area is 209 Å². The molecule has 12 heteroatoms. The molecule has 2 aliphatic rings. The van der Waals surface area contributed by atoms with Crippen LogP contribution in [0.15, 0.2) is 18.2 Å². The van der Waals surface area contributed by atoms with Crippen molar-refractivity contribution in [3.05, 3.63) is 46.3 Å². The minimum atomic E-state index is -1.19. The van der Waals surface area contributed by atoms with Crippen LogP contribution in [0.4, 0.5) is 4.79 Å². The van der Waals surface area contributed by atoms with Gasteiger partial charge in [-0.3, -0.25) is 24.4 Å². The molecule has 4 rings (SSSR count). The lowest BCUT2D eigenvalue weighted by Gasteiger charge is -2.33. The molecule has 4 amide bonds. The van der Waals surface area contributed by atoms with E-state index in [1.165, 1.54) is 4.90 Å². The number of urea groups is 1. The summed E-state index contributed by atoms with van der Waals surface area (Å²) in [7, 11) is -1.19. The molecule has 0 saturated carbocycles. The van der Waals surface area contributed by atoms with Gasteiger partial charge in [-0.25, -0.2) is 4.79 Å². The number of amides is 4. The summed E-state index contributed by atoms with van der Waals surface area (Å²) in [4.78, 5) is 53.7. The molecular weight excluding hydrogens is 465 g/mol. The molecule has 36 heavy (non-hydrogen) atoms. The van der Waals surface area contributed by atoms with Gasteiger partial charge in [-0.05, 0) is 45.2 Å². The summed E-state index contributed by atoms with van der Waals surface area (Å²) in [5.74, 6) is -1.97.